The second-order valence-electron chi connectivity index (χ2n) is 7.41. The van der Waals surface area contributed by atoms with Crippen LogP contribution in [0.3, 0.4) is 0 Å². The van der Waals surface area contributed by atoms with Crippen LogP contribution in [-0.4, -0.2) is 55.0 Å². The Balaban J connectivity index is 1.77. The number of esters is 2. The first kappa shape index (κ1) is 20.1. The van der Waals surface area contributed by atoms with Gasteiger partial charge >= 0.3 is 11.9 Å². The molecule has 0 saturated carbocycles. The molecule has 0 unspecified atom stereocenters. The van der Waals surface area contributed by atoms with Gasteiger partial charge in [0, 0.05) is 23.2 Å². The van der Waals surface area contributed by atoms with Crippen molar-refractivity contribution in [3.05, 3.63) is 45.9 Å². The zero-order valence-electron chi connectivity index (χ0n) is 16.6. The molecule has 2 aliphatic heterocycles. The van der Waals surface area contributed by atoms with Gasteiger partial charge in [-0.05, 0) is 31.4 Å². The number of methoxy groups -OCH3 is 2. The van der Waals surface area contributed by atoms with Crippen molar-refractivity contribution in [1.82, 2.24) is 4.57 Å². The Bertz CT molecular complexity index is 904. The third-order valence-electron chi connectivity index (χ3n) is 5.06. The van der Waals surface area contributed by atoms with Crippen molar-refractivity contribution in [2.75, 3.05) is 14.2 Å². The maximum absolute atomic E-state index is 12.5. The summed E-state index contributed by atoms with van der Waals surface area (Å²) in [6.45, 7) is 3.59. The van der Waals surface area contributed by atoms with Gasteiger partial charge in [-0.25, -0.2) is 9.59 Å². The first-order chi connectivity index (χ1) is 13.8. The summed E-state index contributed by atoms with van der Waals surface area (Å²) in [5.74, 6) is -1.82. The van der Waals surface area contributed by atoms with Crippen LogP contribution >= 0.6 is 11.3 Å². The highest BCUT2D eigenvalue weighted by molar-refractivity contribution is 7.09. The second kappa shape index (κ2) is 7.56. The Labute approximate surface area is 172 Å². The van der Waals surface area contributed by atoms with Crippen molar-refractivity contribution < 1.29 is 33.3 Å². The summed E-state index contributed by atoms with van der Waals surface area (Å²) in [6.07, 6.45) is 0.0917. The maximum Gasteiger partial charge on any atom is 0.339 e. The third-order valence-corrected chi connectivity index (χ3v) is 5.94. The molecule has 0 spiro atoms. The van der Waals surface area contributed by atoms with Crippen LogP contribution in [0.15, 0.2) is 29.8 Å². The highest BCUT2D eigenvalue weighted by Gasteiger charge is 2.58. The average Bonchev–Trinajstić information content (AvgIpc) is 3.44. The molecule has 2 fully saturated rings. The predicted octanol–water partition coefficient (Wildman–Crippen LogP) is 2.52. The summed E-state index contributed by atoms with van der Waals surface area (Å²) in [5, 5.41) is 1.99. The summed E-state index contributed by atoms with van der Waals surface area (Å²) in [6, 6.07) is 5.21. The zero-order valence-corrected chi connectivity index (χ0v) is 17.4. The Kier molecular flexibility index (Phi) is 5.24. The van der Waals surface area contributed by atoms with E-state index in [2.05, 4.69) is 0 Å². The number of hydrogen-bond acceptors (Lipinski definition) is 8. The molecule has 8 nitrogen and oxygen atoms in total. The van der Waals surface area contributed by atoms with E-state index in [1.165, 1.54) is 14.2 Å². The van der Waals surface area contributed by atoms with Gasteiger partial charge in [0.2, 0.25) is 0 Å². The fraction of sp³-hybridized carbons (Fsp3) is 0.500. The van der Waals surface area contributed by atoms with Gasteiger partial charge in [-0.1, -0.05) is 6.07 Å². The number of carbonyl (C=O) groups is 2. The van der Waals surface area contributed by atoms with E-state index in [0.717, 1.165) is 10.6 Å². The lowest BCUT2D eigenvalue weighted by molar-refractivity contribution is -0.214. The summed E-state index contributed by atoms with van der Waals surface area (Å²) >= 11 is 1.61. The number of ether oxygens (including phenoxy) is 5. The number of thiophene rings is 1. The van der Waals surface area contributed by atoms with E-state index in [0.29, 0.717) is 12.0 Å². The first-order valence-corrected chi connectivity index (χ1v) is 10.1. The molecule has 0 bridgehead atoms. The molecule has 2 aromatic rings. The molecule has 0 amide bonds. The number of rotatable bonds is 5. The van der Waals surface area contributed by atoms with E-state index >= 15 is 0 Å². The second-order valence-corrected chi connectivity index (χ2v) is 8.45. The lowest BCUT2D eigenvalue weighted by Gasteiger charge is -2.27. The fourth-order valence-electron chi connectivity index (χ4n) is 3.87. The van der Waals surface area contributed by atoms with Gasteiger partial charge in [-0.15, -0.1) is 11.3 Å². The summed E-state index contributed by atoms with van der Waals surface area (Å²) in [5.41, 5.74) is 1.23. The van der Waals surface area contributed by atoms with Crippen LogP contribution in [0, 0.1) is 0 Å². The smallest absolute Gasteiger partial charge is 0.339 e. The summed E-state index contributed by atoms with van der Waals surface area (Å²) < 4.78 is 29.4. The molecular weight excluding hydrogens is 398 g/mol. The quantitative estimate of drug-likeness (QED) is 0.686. The van der Waals surface area contributed by atoms with Gasteiger partial charge < -0.3 is 28.3 Å². The minimum absolute atomic E-state index is 0.393. The highest BCUT2D eigenvalue weighted by atomic mass is 32.1. The van der Waals surface area contributed by atoms with Gasteiger partial charge in [0.05, 0.1) is 19.8 Å². The molecular formula is C20H23NO7S. The molecule has 29 heavy (non-hydrogen) atoms. The minimum Gasteiger partial charge on any atom is -0.467 e. The highest BCUT2D eigenvalue weighted by Crippen LogP contribution is 2.44. The molecule has 0 aliphatic carbocycles. The fourth-order valence-corrected chi connectivity index (χ4v) is 4.59. The molecule has 2 aliphatic rings. The summed E-state index contributed by atoms with van der Waals surface area (Å²) in [4.78, 5) is 25.8. The molecule has 156 valence electrons. The lowest BCUT2D eigenvalue weighted by Crippen LogP contribution is -2.37. The number of carbonyl (C=O) groups excluding carboxylic acids is 2. The molecule has 0 N–H and O–H groups in total. The van der Waals surface area contributed by atoms with Gasteiger partial charge in [0.15, 0.2) is 18.2 Å². The van der Waals surface area contributed by atoms with Crippen LogP contribution in [0.2, 0.25) is 0 Å². The van der Waals surface area contributed by atoms with Crippen LogP contribution in [0.4, 0.5) is 0 Å². The Morgan fingerprint density at radius 1 is 1.24 bits per heavy atom. The molecule has 4 heterocycles. The van der Waals surface area contributed by atoms with E-state index in [1.807, 2.05) is 22.1 Å². The molecule has 9 heteroatoms. The number of aromatic nitrogens is 1. The van der Waals surface area contributed by atoms with Gasteiger partial charge in [0.1, 0.15) is 12.1 Å². The van der Waals surface area contributed by atoms with Crippen molar-refractivity contribution in [2.45, 2.75) is 50.6 Å². The SMILES string of the molecule is COC(=O)c1cc(Cc2cccs2)n([C@@H]2[C@H]3OC(C)(C)O[C@H]3O[C@@H]2C(=O)OC)c1. The van der Waals surface area contributed by atoms with Crippen molar-refractivity contribution in [2.24, 2.45) is 0 Å². The van der Waals surface area contributed by atoms with Gasteiger partial charge in [0.25, 0.3) is 0 Å². The largest absolute Gasteiger partial charge is 0.467 e. The number of hydrogen-bond donors (Lipinski definition) is 0. The molecule has 0 radical (unpaired) electrons. The Hall–Kier alpha value is -2.20. The monoisotopic (exact) mass is 421 g/mol. The predicted molar refractivity (Wildman–Crippen MR) is 103 cm³/mol. The van der Waals surface area contributed by atoms with Crippen molar-refractivity contribution in [3.63, 3.8) is 0 Å². The van der Waals surface area contributed by atoms with Crippen molar-refractivity contribution in [1.29, 1.82) is 0 Å². The van der Waals surface area contributed by atoms with Crippen LogP contribution in [0.5, 0.6) is 0 Å². The first-order valence-electron chi connectivity index (χ1n) is 9.23. The topological polar surface area (TPSA) is 85.2 Å². The minimum atomic E-state index is -0.925. The van der Waals surface area contributed by atoms with Crippen LogP contribution in [0.1, 0.15) is 40.8 Å². The van der Waals surface area contributed by atoms with E-state index in [9.17, 15) is 9.59 Å². The average molecular weight is 421 g/mol. The Morgan fingerprint density at radius 3 is 2.69 bits per heavy atom. The van der Waals surface area contributed by atoms with E-state index < -0.39 is 42.3 Å². The van der Waals surface area contributed by atoms with Gasteiger partial charge in [-0.3, -0.25) is 0 Å². The molecule has 4 rings (SSSR count). The Morgan fingerprint density at radius 2 is 2.03 bits per heavy atom. The summed E-state index contributed by atoms with van der Waals surface area (Å²) in [7, 11) is 2.64. The van der Waals surface area contributed by atoms with Crippen LogP contribution in [-0.2, 0) is 34.9 Å². The van der Waals surface area contributed by atoms with Crippen molar-refractivity contribution >= 4 is 23.3 Å². The normalized spacial score (nSPS) is 27.6. The van der Waals surface area contributed by atoms with Crippen LogP contribution < -0.4 is 0 Å². The third kappa shape index (κ3) is 3.71. The standard InChI is InChI=1S/C20H23NO7S/c1-20(2)27-16-14(15(18(23)25-4)26-19(16)28-20)21-10-11(17(22)24-3)8-12(21)9-13-6-5-7-29-13/h5-8,10,14-16,19H,9H2,1-4H3/t14-,15-,16+,19+/m0/s1. The lowest BCUT2D eigenvalue weighted by atomic mass is 10.1. The van der Waals surface area contributed by atoms with E-state index in [-0.39, 0.29) is 0 Å². The zero-order chi connectivity index (χ0) is 20.8. The van der Waals surface area contributed by atoms with Crippen LogP contribution in [0.25, 0.3) is 0 Å². The van der Waals surface area contributed by atoms with Gasteiger partial charge in [-0.2, -0.15) is 0 Å². The molecule has 2 saturated heterocycles. The maximum atomic E-state index is 12.5. The molecule has 0 aromatic carbocycles. The number of nitrogens with zero attached hydrogens (tertiary/aromatic N) is 1. The van der Waals surface area contributed by atoms with E-state index in [1.54, 1.807) is 37.4 Å². The molecule has 2 aromatic heterocycles. The molecule has 4 atom stereocenters. The van der Waals surface area contributed by atoms with Crippen molar-refractivity contribution in [3.8, 4) is 0 Å². The van der Waals surface area contributed by atoms with E-state index in [4.69, 9.17) is 23.7 Å². The number of fused-ring (bicyclic) bond motifs is 1.